The molecule has 9 nitrogen and oxygen atoms in total. The second-order valence-corrected chi connectivity index (χ2v) is 8.30. The van der Waals surface area contributed by atoms with Gasteiger partial charge in [-0.05, 0) is 40.5 Å². The molecule has 1 heterocycles. The van der Waals surface area contributed by atoms with Gasteiger partial charge in [-0.25, -0.2) is 14.6 Å². The summed E-state index contributed by atoms with van der Waals surface area (Å²) in [6.07, 6.45) is -1.01. The summed E-state index contributed by atoms with van der Waals surface area (Å²) < 4.78 is 5.53. The molecule has 35 heavy (non-hydrogen) atoms. The molecular formula is C26H21N3O6. The van der Waals surface area contributed by atoms with E-state index >= 15 is 0 Å². The molecule has 1 aliphatic heterocycles. The maximum absolute atomic E-state index is 12.8. The van der Waals surface area contributed by atoms with Gasteiger partial charge in [0.15, 0.2) is 6.04 Å². The Hall–Kier alpha value is -4.66. The Balaban J connectivity index is 1.26. The summed E-state index contributed by atoms with van der Waals surface area (Å²) in [6, 6.07) is 20.7. The molecule has 0 saturated carbocycles. The second kappa shape index (κ2) is 8.94. The number of anilines is 1. The van der Waals surface area contributed by atoms with Crippen LogP contribution in [0.2, 0.25) is 0 Å². The van der Waals surface area contributed by atoms with Gasteiger partial charge in [0.1, 0.15) is 6.61 Å². The smallest absolute Gasteiger partial charge is 0.411 e. The molecule has 3 aromatic carbocycles. The van der Waals surface area contributed by atoms with E-state index in [1.54, 1.807) is 12.1 Å². The first-order valence-electron chi connectivity index (χ1n) is 11.0. The summed E-state index contributed by atoms with van der Waals surface area (Å²) in [5.41, 5.74) is 7.10. The van der Waals surface area contributed by atoms with Crippen LogP contribution in [0.15, 0.2) is 72.8 Å². The minimum Gasteiger partial charge on any atom is -0.480 e. The summed E-state index contributed by atoms with van der Waals surface area (Å²) in [7, 11) is 0. The quantitative estimate of drug-likeness (QED) is 0.524. The highest BCUT2D eigenvalue weighted by molar-refractivity contribution is 6.01. The molecule has 1 fully saturated rings. The van der Waals surface area contributed by atoms with E-state index in [1.165, 1.54) is 12.1 Å². The molecule has 1 atom stereocenters. The van der Waals surface area contributed by atoms with Gasteiger partial charge in [0.2, 0.25) is 5.91 Å². The van der Waals surface area contributed by atoms with Crippen LogP contribution in [0.5, 0.6) is 0 Å². The maximum atomic E-state index is 12.8. The third-order valence-corrected chi connectivity index (χ3v) is 6.14. The van der Waals surface area contributed by atoms with E-state index in [9.17, 15) is 24.3 Å². The predicted octanol–water partition coefficient (Wildman–Crippen LogP) is 3.38. The fraction of sp³-hybridized carbons (Fsp3) is 0.154. The van der Waals surface area contributed by atoms with Gasteiger partial charge in [-0.3, -0.25) is 20.3 Å². The zero-order valence-corrected chi connectivity index (χ0v) is 18.4. The standard InChI is InChI=1S/C26H21N3O6/c30-23-13-22(25(32)33)29(28-23)24(31)15-6-5-7-16(12-15)27-26(34)35-14-21-19-10-3-1-8-17(19)18-9-2-4-11-20(18)21/h1-12,21-22H,13-14H2,(H,27,34)(H,28,30)(H,32,33). The van der Waals surface area contributed by atoms with Crippen molar-refractivity contribution in [3.05, 3.63) is 89.5 Å². The second-order valence-electron chi connectivity index (χ2n) is 8.30. The number of rotatable bonds is 5. The highest BCUT2D eigenvalue weighted by Crippen LogP contribution is 2.44. The normalized spacial score (nSPS) is 16.3. The van der Waals surface area contributed by atoms with Gasteiger partial charge < -0.3 is 9.84 Å². The molecule has 3 amide bonds. The minimum atomic E-state index is -1.30. The Morgan fingerprint density at radius 3 is 2.29 bits per heavy atom. The number of benzene rings is 3. The van der Waals surface area contributed by atoms with Crippen LogP contribution >= 0.6 is 0 Å². The lowest BCUT2D eigenvalue weighted by atomic mass is 9.98. The SMILES string of the molecule is O=C1CC(C(=O)O)N(C(=O)c2cccc(NC(=O)OCC3c4ccccc4-c4ccccc43)c2)N1. The first kappa shape index (κ1) is 22.1. The average molecular weight is 471 g/mol. The molecule has 1 unspecified atom stereocenters. The number of hydrogen-bond acceptors (Lipinski definition) is 5. The predicted molar refractivity (Wildman–Crippen MR) is 125 cm³/mol. The van der Waals surface area contributed by atoms with Crippen LogP contribution in [0, 0.1) is 0 Å². The summed E-state index contributed by atoms with van der Waals surface area (Å²) in [5.74, 6) is -2.63. The van der Waals surface area contributed by atoms with Crippen molar-refractivity contribution in [1.82, 2.24) is 10.4 Å². The van der Waals surface area contributed by atoms with Crippen LogP contribution in [0.1, 0.15) is 33.8 Å². The summed E-state index contributed by atoms with van der Waals surface area (Å²) >= 11 is 0. The molecule has 9 heteroatoms. The van der Waals surface area contributed by atoms with Gasteiger partial charge in [0.25, 0.3) is 5.91 Å². The molecule has 1 aliphatic carbocycles. The number of carbonyl (C=O) groups is 4. The topological polar surface area (TPSA) is 125 Å². The Bertz CT molecular complexity index is 1310. The monoisotopic (exact) mass is 471 g/mol. The first-order valence-corrected chi connectivity index (χ1v) is 11.0. The van der Waals surface area contributed by atoms with Gasteiger partial charge in [-0.2, -0.15) is 0 Å². The number of hydrogen-bond donors (Lipinski definition) is 3. The van der Waals surface area contributed by atoms with Crippen LogP contribution in [-0.4, -0.2) is 46.6 Å². The Morgan fingerprint density at radius 1 is 0.971 bits per heavy atom. The summed E-state index contributed by atoms with van der Waals surface area (Å²) in [4.78, 5) is 48.3. The molecule has 0 radical (unpaired) electrons. The van der Waals surface area contributed by atoms with Crippen LogP contribution in [0.3, 0.4) is 0 Å². The molecular weight excluding hydrogens is 450 g/mol. The van der Waals surface area contributed by atoms with E-state index in [-0.39, 0.29) is 24.5 Å². The Morgan fingerprint density at radius 2 is 1.63 bits per heavy atom. The average Bonchev–Trinajstić information content (AvgIpc) is 3.41. The van der Waals surface area contributed by atoms with Crippen molar-refractivity contribution < 1.29 is 29.0 Å². The van der Waals surface area contributed by atoms with Gasteiger partial charge in [-0.1, -0.05) is 54.6 Å². The van der Waals surface area contributed by atoms with Crippen LogP contribution < -0.4 is 10.7 Å². The minimum absolute atomic E-state index is 0.0900. The number of fused-ring (bicyclic) bond motifs is 3. The van der Waals surface area contributed by atoms with Gasteiger partial charge in [0, 0.05) is 17.2 Å². The summed E-state index contributed by atoms with van der Waals surface area (Å²) in [6.45, 7) is 0.137. The fourth-order valence-corrected chi connectivity index (χ4v) is 4.54. The van der Waals surface area contributed by atoms with Crippen molar-refractivity contribution >= 4 is 29.6 Å². The number of hydrazine groups is 1. The molecule has 3 aromatic rings. The third-order valence-electron chi connectivity index (χ3n) is 6.14. The number of carboxylic acid groups (broad SMARTS) is 1. The zero-order valence-electron chi connectivity index (χ0n) is 18.4. The largest absolute Gasteiger partial charge is 0.480 e. The molecule has 1 saturated heterocycles. The number of ether oxygens (including phenoxy) is 1. The lowest BCUT2D eigenvalue weighted by molar-refractivity contribution is -0.142. The number of nitrogens with one attached hydrogen (secondary N) is 2. The van der Waals surface area contributed by atoms with E-state index in [1.807, 2.05) is 36.4 Å². The van der Waals surface area contributed by atoms with Crippen molar-refractivity contribution in [1.29, 1.82) is 0 Å². The number of carboxylic acids is 1. The lowest BCUT2D eigenvalue weighted by Gasteiger charge is -2.20. The number of nitrogens with zero attached hydrogens (tertiary/aromatic N) is 1. The van der Waals surface area contributed by atoms with Crippen LogP contribution in [-0.2, 0) is 14.3 Å². The zero-order chi connectivity index (χ0) is 24.5. The van der Waals surface area contributed by atoms with E-state index in [2.05, 4.69) is 22.9 Å². The van der Waals surface area contributed by atoms with E-state index < -0.39 is 29.9 Å². The molecule has 176 valence electrons. The molecule has 0 bridgehead atoms. The van der Waals surface area contributed by atoms with Crippen molar-refractivity contribution in [3.8, 4) is 11.1 Å². The Kier molecular flexibility index (Phi) is 5.66. The third kappa shape index (κ3) is 4.19. The first-order chi connectivity index (χ1) is 16.9. The highest BCUT2D eigenvalue weighted by atomic mass is 16.5. The molecule has 0 spiro atoms. The fourth-order valence-electron chi connectivity index (χ4n) is 4.54. The molecule has 3 N–H and O–H groups in total. The number of carbonyl (C=O) groups excluding carboxylic acids is 3. The van der Waals surface area contributed by atoms with Crippen molar-refractivity contribution in [2.75, 3.05) is 11.9 Å². The van der Waals surface area contributed by atoms with E-state index in [0.29, 0.717) is 5.69 Å². The van der Waals surface area contributed by atoms with E-state index in [4.69, 9.17) is 4.74 Å². The van der Waals surface area contributed by atoms with Crippen molar-refractivity contribution in [3.63, 3.8) is 0 Å². The van der Waals surface area contributed by atoms with Crippen LogP contribution in [0.4, 0.5) is 10.5 Å². The van der Waals surface area contributed by atoms with Gasteiger partial charge >= 0.3 is 12.1 Å². The number of amides is 3. The Labute approximate surface area is 200 Å². The van der Waals surface area contributed by atoms with E-state index in [0.717, 1.165) is 27.3 Å². The summed E-state index contributed by atoms with van der Waals surface area (Å²) in [5, 5.41) is 12.7. The number of aliphatic carboxylic acids is 1. The van der Waals surface area contributed by atoms with Crippen LogP contribution in [0.25, 0.3) is 11.1 Å². The van der Waals surface area contributed by atoms with Gasteiger partial charge in [0.05, 0.1) is 6.42 Å². The molecule has 5 rings (SSSR count). The molecule has 0 aromatic heterocycles. The van der Waals surface area contributed by atoms with Gasteiger partial charge in [-0.15, -0.1) is 0 Å². The highest BCUT2D eigenvalue weighted by Gasteiger charge is 2.39. The molecule has 2 aliphatic rings. The maximum Gasteiger partial charge on any atom is 0.411 e. The van der Waals surface area contributed by atoms with Crippen molar-refractivity contribution in [2.24, 2.45) is 0 Å². The lowest BCUT2D eigenvalue weighted by Crippen LogP contribution is -2.46. The van der Waals surface area contributed by atoms with Crippen molar-refractivity contribution in [2.45, 2.75) is 18.4 Å².